The molecule has 0 fully saturated rings. The average Bonchev–Trinajstić information content (AvgIpc) is 3.08. The van der Waals surface area contributed by atoms with E-state index < -0.39 is 18.5 Å². The highest BCUT2D eigenvalue weighted by atomic mass is 32.1. The minimum atomic E-state index is -0.743. The summed E-state index contributed by atoms with van der Waals surface area (Å²) in [7, 11) is 0. The lowest BCUT2D eigenvalue weighted by molar-refractivity contribution is -0.119. The maximum absolute atomic E-state index is 12.1. The highest BCUT2D eigenvalue weighted by molar-refractivity contribution is 7.14. The summed E-state index contributed by atoms with van der Waals surface area (Å²) >= 11 is 1.09. The number of pyridine rings is 1. The van der Waals surface area contributed by atoms with Gasteiger partial charge in [0.1, 0.15) is 0 Å². The van der Waals surface area contributed by atoms with E-state index in [0.717, 1.165) is 22.2 Å². The zero-order chi connectivity index (χ0) is 18.5. The Bertz CT molecular complexity index is 980. The number of rotatable bonds is 5. The lowest BCUT2D eigenvalue weighted by atomic mass is 10.2. The molecule has 132 valence electrons. The second kappa shape index (κ2) is 7.70. The SMILES string of the molecule is CC(=O)Nc1nc(C(=O)OCC(=O)Nc2cccc3ncccc23)cs1. The summed E-state index contributed by atoms with van der Waals surface area (Å²) in [6.07, 6.45) is 1.67. The van der Waals surface area contributed by atoms with Gasteiger partial charge in [-0.15, -0.1) is 11.3 Å². The van der Waals surface area contributed by atoms with Crippen LogP contribution in [-0.2, 0) is 14.3 Å². The number of amides is 2. The van der Waals surface area contributed by atoms with Crippen LogP contribution in [0, 0.1) is 0 Å². The monoisotopic (exact) mass is 370 g/mol. The number of nitrogens with one attached hydrogen (secondary N) is 2. The van der Waals surface area contributed by atoms with Gasteiger partial charge < -0.3 is 15.4 Å². The molecule has 0 spiro atoms. The van der Waals surface area contributed by atoms with Gasteiger partial charge in [0.25, 0.3) is 5.91 Å². The summed E-state index contributed by atoms with van der Waals surface area (Å²) in [6.45, 7) is 0.884. The van der Waals surface area contributed by atoms with Crippen LogP contribution in [0.3, 0.4) is 0 Å². The number of nitrogens with zero attached hydrogens (tertiary/aromatic N) is 2. The van der Waals surface area contributed by atoms with Gasteiger partial charge >= 0.3 is 5.97 Å². The number of fused-ring (bicyclic) bond motifs is 1. The second-order valence-corrected chi connectivity index (χ2v) is 6.08. The van der Waals surface area contributed by atoms with Gasteiger partial charge in [0, 0.05) is 23.9 Å². The summed E-state index contributed by atoms with van der Waals surface area (Å²) in [5.41, 5.74) is 1.36. The third-order valence-corrected chi connectivity index (χ3v) is 4.01. The van der Waals surface area contributed by atoms with Crippen LogP contribution in [0.25, 0.3) is 10.9 Å². The maximum Gasteiger partial charge on any atom is 0.358 e. The van der Waals surface area contributed by atoms with Gasteiger partial charge in [-0.05, 0) is 24.3 Å². The first-order valence-electron chi connectivity index (χ1n) is 7.57. The van der Waals surface area contributed by atoms with E-state index in [9.17, 15) is 14.4 Å². The van der Waals surface area contributed by atoms with Crippen LogP contribution in [0.15, 0.2) is 41.9 Å². The van der Waals surface area contributed by atoms with Crippen molar-refractivity contribution in [1.82, 2.24) is 9.97 Å². The van der Waals surface area contributed by atoms with Crippen LogP contribution in [0.4, 0.5) is 10.8 Å². The highest BCUT2D eigenvalue weighted by Gasteiger charge is 2.15. The van der Waals surface area contributed by atoms with Crippen LogP contribution in [-0.4, -0.2) is 34.4 Å². The van der Waals surface area contributed by atoms with Gasteiger partial charge in [0.05, 0.1) is 11.2 Å². The summed E-state index contributed by atoms with van der Waals surface area (Å²) in [5.74, 6) is -1.51. The molecule has 3 aromatic rings. The number of benzene rings is 1. The van der Waals surface area contributed by atoms with E-state index in [0.29, 0.717) is 5.69 Å². The Hall–Kier alpha value is -3.33. The normalized spacial score (nSPS) is 10.3. The molecule has 0 aliphatic carbocycles. The van der Waals surface area contributed by atoms with E-state index in [1.807, 2.05) is 12.1 Å². The largest absolute Gasteiger partial charge is 0.451 e. The van der Waals surface area contributed by atoms with Crippen molar-refractivity contribution in [1.29, 1.82) is 0 Å². The Morgan fingerprint density at radius 3 is 2.81 bits per heavy atom. The van der Waals surface area contributed by atoms with Gasteiger partial charge in [-0.25, -0.2) is 9.78 Å². The van der Waals surface area contributed by atoms with Crippen molar-refractivity contribution >= 4 is 50.8 Å². The van der Waals surface area contributed by atoms with Gasteiger partial charge in [-0.3, -0.25) is 14.6 Å². The maximum atomic E-state index is 12.1. The van der Waals surface area contributed by atoms with Crippen molar-refractivity contribution in [2.45, 2.75) is 6.92 Å². The van der Waals surface area contributed by atoms with Crippen LogP contribution in [0.5, 0.6) is 0 Å². The molecule has 2 amide bonds. The van der Waals surface area contributed by atoms with Gasteiger partial charge in [0.15, 0.2) is 17.4 Å². The molecular formula is C17H14N4O4S. The molecule has 0 aliphatic rings. The summed E-state index contributed by atoms with van der Waals surface area (Å²) in [5, 5.41) is 7.68. The van der Waals surface area contributed by atoms with Crippen LogP contribution >= 0.6 is 11.3 Å². The molecule has 0 saturated heterocycles. The van der Waals surface area contributed by atoms with Gasteiger partial charge in [0.2, 0.25) is 5.91 Å². The molecule has 9 heteroatoms. The van der Waals surface area contributed by atoms with Crippen molar-refractivity contribution in [2.75, 3.05) is 17.2 Å². The summed E-state index contributed by atoms with van der Waals surface area (Å²) in [6, 6.07) is 8.95. The molecule has 2 aromatic heterocycles. The van der Waals surface area contributed by atoms with Crippen LogP contribution in [0.1, 0.15) is 17.4 Å². The zero-order valence-corrected chi connectivity index (χ0v) is 14.5. The molecule has 0 aliphatic heterocycles. The van der Waals surface area contributed by atoms with Crippen molar-refractivity contribution in [3.05, 3.63) is 47.6 Å². The Labute approximate surface area is 152 Å². The zero-order valence-electron chi connectivity index (χ0n) is 13.7. The van der Waals surface area contributed by atoms with Crippen molar-refractivity contribution in [3.8, 4) is 0 Å². The number of ether oxygens (including phenoxy) is 1. The molecular weight excluding hydrogens is 356 g/mol. The first kappa shape index (κ1) is 17.5. The molecule has 3 rings (SSSR count). The lowest BCUT2D eigenvalue weighted by Gasteiger charge is -2.08. The molecule has 0 atom stereocenters. The fourth-order valence-electron chi connectivity index (χ4n) is 2.18. The Morgan fingerprint density at radius 1 is 1.15 bits per heavy atom. The van der Waals surface area contributed by atoms with Crippen LogP contribution < -0.4 is 10.6 Å². The van der Waals surface area contributed by atoms with Gasteiger partial charge in [-0.1, -0.05) is 6.07 Å². The van der Waals surface area contributed by atoms with Crippen molar-refractivity contribution in [3.63, 3.8) is 0 Å². The molecule has 2 N–H and O–H groups in total. The Morgan fingerprint density at radius 2 is 2.00 bits per heavy atom. The van der Waals surface area contributed by atoms with Crippen molar-refractivity contribution in [2.24, 2.45) is 0 Å². The molecule has 0 bridgehead atoms. The minimum Gasteiger partial charge on any atom is -0.451 e. The quantitative estimate of drug-likeness (QED) is 0.668. The Kier molecular flexibility index (Phi) is 5.18. The molecule has 2 heterocycles. The summed E-state index contributed by atoms with van der Waals surface area (Å²) in [4.78, 5) is 43.1. The number of anilines is 2. The van der Waals surface area contributed by atoms with E-state index >= 15 is 0 Å². The average molecular weight is 370 g/mol. The minimum absolute atomic E-state index is 0.0286. The number of thiazole rings is 1. The number of carbonyl (C=O) groups is 3. The van der Waals surface area contributed by atoms with E-state index in [1.54, 1.807) is 24.4 Å². The predicted octanol–water partition coefficient (Wildman–Crippen LogP) is 2.45. The second-order valence-electron chi connectivity index (χ2n) is 5.22. The topological polar surface area (TPSA) is 110 Å². The number of carbonyl (C=O) groups excluding carboxylic acids is 3. The van der Waals surface area contributed by atoms with E-state index in [-0.39, 0.29) is 16.7 Å². The number of hydrogen-bond donors (Lipinski definition) is 2. The van der Waals surface area contributed by atoms with Crippen LogP contribution in [0.2, 0.25) is 0 Å². The molecule has 0 radical (unpaired) electrons. The number of hydrogen-bond acceptors (Lipinski definition) is 7. The molecule has 1 aromatic carbocycles. The smallest absolute Gasteiger partial charge is 0.358 e. The molecule has 8 nitrogen and oxygen atoms in total. The first-order chi connectivity index (χ1) is 12.5. The van der Waals surface area contributed by atoms with E-state index in [1.165, 1.54) is 12.3 Å². The standard InChI is InChI=1S/C17H14N4O4S/c1-10(22)19-17-21-14(9-26-17)16(24)25-8-15(23)20-13-6-2-5-12-11(13)4-3-7-18-12/h2-7,9H,8H2,1H3,(H,20,23)(H,19,21,22). The first-order valence-corrected chi connectivity index (χ1v) is 8.45. The molecule has 26 heavy (non-hydrogen) atoms. The third-order valence-electron chi connectivity index (χ3n) is 3.25. The van der Waals surface area contributed by atoms with E-state index in [2.05, 4.69) is 20.6 Å². The Balaban J connectivity index is 1.59. The third kappa shape index (κ3) is 4.19. The van der Waals surface area contributed by atoms with E-state index in [4.69, 9.17) is 4.74 Å². The predicted molar refractivity (Wildman–Crippen MR) is 97.1 cm³/mol. The molecule has 0 unspecified atom stereocenters. The lowest BCUT2D eigenvalue weighted by Crippen LogP contribution is -2.21. The van der Waals surface area contributed by atoms with Gasteiger partial charge in [-0.2, -0.15) is 0 Å². The molecule has 0 saturated carbocycles. The van der Waals surface area contributed by atoms with Crippen molar-refractivity contribution < 1.29 is 19.1 Å². The fraction of sp³-hybridized carbons (Fsp3) is 0.118. The number of esters is 1. The highest BCUT2D eigenvalue weighted by Crippen LogP contribution is 2.21. The number of aromatic nitrogens is 2. The fourth-order valence-corrected chi connectivity index (χ4v) is 2.91. The summed E-state index contributed by atoms with van der Waals surface area (Å²) < 4.78 is 4.96.